The Morgan fingerprint density at radius 3 is 2.18 bits per heavy atom. The molecule has 2 heterocycles. The summed E-state index contributed by atoms with van der Waals surface area (Å²) < 4.78 is 49.2. The first-order valence-electron chi connectivity index (χ1n) is 7.21. The van der Waals surface area contributed by atoms with Gasteiger partial charge in [0.05, 0.1) is 26.7 Å². The van der Waals surface area contributed by atoms with Crippen molar-refractivity contribution < 1.29 is 137 Å². The summed E-state index contributed by atoms with van der Waals surface area (Å²) >= 11 is 0. The van der Waals surface area contributed by atoms with Crippen molar-refractivity contribution >= 4 is 29.3 Å². The van der Waals surface area contributed by atoms with Gasteiger partial charge in [0.2, 0.25) is 0 Å². The van der Waals surface area contributed by atoms with Crippen molar-refractivity contribution in [3.8, 4) is 5.75 Å². The minimum absolute atomic E-state index is 0. The van der Waals surface area contributed by atoms with E-state index in [2.05, 4.69) is 18.1 Å². The monoisotopic (exact) mass is 507 g/mol. The Morgan fingerprint density at radius 1 is 1.12 bits per heavy atom. The average Bonchev–Trinajstić information content (AvgIpc) is 2.86. The Kier molecular flexibility index (Phi) is 17.4. The van der Waals surface area contributed by atoms with Gasteiger partial charge in [0.25, 0.3) is 15.6 Å². The van der Waals surface area contributed by atoms with Gasteiger partial charge in [0.15, 0.2) is 11.6 Å². The molecule has 1 fully saturated rings. The maximum absolute atomic E-state index is 11.8. The van der Waals surface area contributed by atoms with Crippen molar-refractivity contribution in [3.63, 3.8) is 0 Å². The van der Waals surface area contributed by atoms with Crippen LogP contribution >= 0.6 is 23.5 Å². The fraction of sp³-hybridized carbons (Fsp3) is 0.556. The van der Waals surface area contributed by atoms with Crippen molar-refractivity contribution in [3.05, 3.63) is 16.7 Å². The van der Waals surface area contributed by atoms with Gasteiger partial charge in [-0.05, 0) is 0 Å². The van der Waals surface area contributed by atoms with Crippen LogP contribution in [0.4, 0.5) is 5.82 Å². The molecule has 1 aliphatic heterocycles. The summed E-state index contributed by atoms with van der Waals surface area (Å²) in [6.07, 6.45) is -3.51. The third-order valence-electron chi connectivity index (χ3n) is 3.27. The number of nitrogens with two attached hydrogens (primary N) is 1. The zero-order valence-electron chi connectivity index (χ0n) is 17.8. The topological polar surface area (TPSA) is 282 Å². The molecule has 2 rings (SSSR count). The molecule has 0 aromatic carbocycles. The number of nitrogens with zero attached hydrogens (tertiary/aromatic N) is 2. The molecule has 1 aliphatic rings. The molecule has 24 heteroatoms. The number of aromatic hydroxyl groups is 1. The third kappa shape index (κ3) is 12.3. The number of phosphoric ester groups is 1. The number of phosphoric acid groups is 3. The summed E-state index contributed by atoms with van der Waals surface area (Å²) in [6, 6.07) is 0. The molecule has 0 bridgehead atoms. The van der Waals surface area contributed by atoms with Crippen LogP contribution in [0, 0.1) is 0 Å². The second kappa shape index (κ2) is 14.8. The van der Waals surface area contributed by atoms with Gasteiger partial charge in [-0.3, -0.25) is 18.0 Å². The van der Waals surface area contributed by atoms with Gasteiger partial charge < -0.3 is 49.3 Å². The predicted molar refractivity (Wildman–Crippen MR) is 80.0 cm³/mol. The molecule has 4 N–H and O–H groups in total. The number of aliphatic hydroxyl groups excluding tert-OH is 1. The molecule has 166 valence electrons. The van der Waals surface area contributed by atoms with Gasteiger partial charge in [-0.2, -0.15) is 4.98 Å². The second-order valence-electron chi connectivity index (χ2n) is 5.43. The van der Waals surface area contributed by atoms with E-state index in [9.17, 15) is 48.3 Å². The number of ether oxygens (including phenoxy) is 1. The fourth-order valence-corrected chi connectivity index (χ4v) is 5.03. The molecular weight excluding hydrogens is 495 g/mol. The third-order valence-corrected chi connectivity index (χ3v) is 6.94. The zero-order valence-corrected chi connectivity index (χ0v) is 20.5. The summed E-state index contributed by atoms with van der Waals surface area (Å²) in [5.41, 5.74) is 4.29. The molecule has 1 aromatic heterocycles. The van der Waals surface area contributed by atoms with Gasteiger partial charge in [-0.15, -0.1) is 0 Å². The fourth-order valence-electron chi connectivity index (χ4n) is 2.16. The van der Waals surface area contributed by atoms with Crippen LogP contribution in [0.5, 0.6) is 5.75 Å². The molecule has 33 heavy (non-hydrogen) atoms. The number of hydrogen-bond donors (Lipinski definition) is 3. The van der Waals surface area contributed by atoms with Gasteiger partial charge in [-0.1, -0.05) is 0 Å². The van der Waals surface area contributed by atoms with E-state index in [-0.39, 0.29) is 81.9 Å². The molecule has 1 saturated heterocycles. The molecule has 0 aliphatic carbocycles. The molecule has 5 atom stereocenters. The van der Waals surface area contributed by atoms with Gasteiger partial charge in [0.1, 0.15) is 12.3 Å². The van der Waals surface area contributed by atoms with E-state index in [1.54, 1.807) is 0 Å². The van der Waals surface area contributed by atoms with Crippen LogP contribution in [0.3, 0.4) is 0 Å². The number of anilines is 1. The van der Waals surface area contributed by atoms with Gasteiger partial charge >= 0.3 is 81.1 Å². The molecule has 0 amide bonds. The Morgan fingerprint density at radius 2 is 1.67 bits per heavy atom. The van der Waals surface area contributed by atoms with Crippen LogP contribution in [0.15, 0.2) is 11.0 Å². The van der Waals surface area contributed by atoms with E-state index in [0.717, 1.165) is 10.8 Å². The van der Waals surface area contributed by atoms with Crippen molar-refractivity contribution in [1.29, 1.82) is 0 Å². The quantitative estimate of drug-likeness (QED) is 0.217. The van der Waals surface area contributed by atoms with E-state index in [1.165, 1.54) is 0 Å². The van der Waals surface area contributed by atoms with Crippen LogP contribution in [-0.4, -0.2) is 38.6 Å². The maximum Gasteiger partial charge on any atom is 1.00 e. The van der Waals surface area contributed by atoms with Crippen molar-refractivity contribution in [2.75, 3.05) is 12.3 Å². The first-order valence-corrected chi connectivity index (χ1v) is 11.6. The number of rotatable bonds is 8. The summed E-state index contributed by atoms with van der Waals surface area (Å²) in [6.45, 7) is -1.03. The molecule has 0 radical (unpaired) electrons. The molecule has 0 spiro atoms. The molecule has 17 nitrogen and oxygen atoms in total. The van der Waals surface area contributed by atoms with E-state index in [1.807, 2.05) is 0 Å². The van der Waals surface area contributed by atoms with Crippen molar-refractivity contribution in [2.45, 2.75) is 24.9 Å². The van der Waals surface area contributed by atoms with Crippen molar-refractivity contribution in [1.82, 2.24) is 9.55 Å². The number of nitrogen functional groups attached to an aromatic ring is 1. The molecule has 1 aromatic rings. The van der Waals surface area contributed by atoms with E-state index >= 15 is 0 Å². The number of hydrogen-bond acceptors (Lipinski definition) is 16. The van der Waals surface area contributed by atoms with Crippen LogP contribution in [0.25, 0.3) is 0 Å². The first kappa shape index (κ1) is 38.7. The molecular formula is C9H12Li4N3O14P3. The summed E-state index contributed by atoms with van der Waals surface area (Å²) in [5, 5.41) is 19.4. The second-order valence-corrected chi connectivity index (χ2v) is 9.68. The SMILES string of the molecule is Nc1nc(=O)n(C2CC(O)C(COP(=O)([O-])OP(=O)([O-])OP(=O)([O-])[O-])O2)cc1O.[Li+].[Li+].[Li+].[Li+]. The van der Waals surface area contributed by atoms with Gasteiger partial charge in [0, 0.05) is 6.42 Å². The predicted octanol–water partition coefficient (Wildman–Crippen LogP) is -16.0. The van der Waals surface area contributed by atoms with Crippen LogP contribution in [0.1, 0.15) is 12.6 Å². The van der Waals surface area contributed by atoms with Crippen molar-refractivity contribution in [2.24, 2.45) is 0 Å². The van der Waals surface area contributed by atoms with E-state index in [0.29, 0.717) is 0 Å². The summed E-state index contributed by atoms with van der Waals surface area (Å²) in [5.74, 6) is -1.03. The number of aromatic nitrogens is 2. The van der Waals surface area contributed by atoms with Crippen LogP contribution in [0.2, 0.25) is 0 Å². The Balaban J connectivity index is -0.00000225. The normalized spacial score (nSPS) is 23.5. The maximum atomic E-state index is 11.8. The van der Waals surface area contributed by atoms with Crippen LogP contribution < -0.4 is 106 Å². The summed E-state index contributed by atoms with van der Waals surface area (Å²) in [7, 11) is -18.0. The van der Waals surface area contributed by atoms with E-state index < -0.39 is 65.8 Å². The molecule has 0 saturated carbocycles. The van der Waals surface area contributed by atoms with Gasteiger partial charge in [-0.25, -0.2) is 9.11 Å². The Hall–Kier alpha value is 1.20. The molecule has 5 unspecified atom stereocenters. The average molecular weight is 507 g/mol. The minimum atomic E-state index is -6.13. The minimum Gasteiger partial charge on any atom is -0.790 e. The standard InChI is InChI=1S/C9H16N3O14P3.4Li/c10-8-5(14)2-12(9(15)11-8)7-1-4(13)6(24-7)3-23-28(19,20)26-29(21,22)25-27(16,17)18;;;;/h2,4,6-7,13-14H,1,3H2,(H,19,20)(H,21,22)(H2,10,11,15)(H2,16,17,18);;;;/q;4*+1/p-4. The Bertz CT molecular complexity index is 977. The van der Waals surface area contributed by atoms with E-state index in [4.69, 9.17) is 10.5 Å². The Labute approximate surface area is 233 Å². The zero-order chi connectivity index (χ0) is 22.2. The smallest absolute Gasteiger partial charge is 0.790 e. The first-order chi connectivity index (χ1) is 13.1. The number of aliphatic hydroxyl groups is 1. The largest absolute Gasteiger partial charge is 1.00 e. The van der Waals surface area contributed by atoms with Crippen LogP contribution in [-0.2, 0) is 31.6 Å². The summed E-state index contributed by atoms with van der Waals surface area (Å²) in [4.78, 5) is 58.1.